The average molecular weight is 372 g/mol. The third-order valence-corrected chi connectivity index (χ3v) is 6.44. The van der Waals surface area contributed by atoms with E-state index in [1.165, 1.54) is 24.1 Å². The fourth-order valence-corrected chi connectivity index (χ4v) is 4.80. The van der Waals surface area contributed by atoms with Crippen molar-refractivity contribution in [3.63, 3.8) is 0 Å². The normalized spacial score (nSPS) is 24.5. The smallest absolute Gasteiger partial charge is 0.119 e. The van der Waals surface area contributed by atoms with Crippen LogP contribution in [-0.2, 0) is 5.41 Å². The predicted octanol–water partition coefficient (Wildman–Crippen LogP) is 5.05. The summed E-state index contributed by atoms with van der Waals surface area (Å²) >= 11 is 0. The van der Waals surface area contributed by atoms with E-state index in [0.29, 0.717) is 5.92 Å². The number of nitrogens with zero attached hydrogens (tertiary/aromatic N) is 1. The molecule has 2 aliphatic rings. The van der Waals surface area contributed by atoms with Crippen LogP contribution in [0.25, 0.3) is 0 Å². The molecule has 0 aromatic heterocycles. The molecule has 144 valence electrons. The molecule has 0 saturated carbocycles. The van der Waals surface area contributed by atoms with Crippen LogP contribution in [0.5, 0.6) is 5.75 Å². The van der Waals surface area contributed by atoms with Crippen molar-refractivity contribution < 1.29 is 4.74 Å². The molecule has 2 nitrogen and oxygen atoms in total. The van der Waals surface area contributed by atoms with E-state index in [1.807, 2.05) is 24.3 Å². The highest BCUT2D eigenvalue weighted by atomic mass is 16.5. The maximum atomic E-state index is 5.54. The van der Waals surface area contributed by atoms with E-state index >= 15 is 0 Å². The molecule has 1 fully saturated rings. The van der Waals surface area contributed by atoms with Gasteiger partial charge >= 0.3 is 0 Å². The van der Waals surface area contributed by atoms with Crippen LogP contribution in [0, 0.1) is 17.8 Å². The van der Waals surface area contributed by atoms with E-state index < -0.39 is 0 Å². The summed E-state index contributed by atoms with van der Waals surface area (Å²) < 4.78 is 5.54. The Morgan fingerprint density at radius 2 is 1.96 bits per heavy atom. The molecule has 2 atom stereocenters. The molecule has 4 rings (SSSR count). The van der Waals surface area contributed by atoms with Gasteiger partial charge in [-0.05, 0) is 73.7 Å². The molecule has 0 spiro atoms. The van der Waals surface area contributed by atoms with Crippen LogP contribution < -0.4 is 4.74 Å². The van der Waals surface area contributed by atoms with Gasteiger partial charge in [-0.15, -0.1) is 0 Å². The van der Waals surface area contributed by atoms with Gasteiger partial charge in [-0.3, -0.25) is 0 Å². The van der Waals surface area contributed by atoms with Crippen LogP contribution >= 0.6 is 0 Å². The SMILES string of the molecule is CCN1CC[C@]2(c3cccc(OC)c3)C=C(C#Cc3ccccc3)CC[C@H]2C1. The van der Waals surface area contributed by atoms with Gasteiger partial charge in [-0.2, -0.15) is 0 Å². The molecule has 28 heavy (non-hydrogen) atoms. The minimum atomic E-state index is 0.0686. The Morgan fingerprint density at radius 3 is 2.75 bits per heavy atom. The van der Waals surface area contributed by atoms with Crippen LogP contribution in [0.2, 0.25) is 0 Å². The first-order valence-electron chi connectivity index (χ1n) is 10.4. The van der Waals surface area contributed by atoms with E-state index in [-0.39, 0.29) is 5.41 Å². The first-order valence-corrected chi connectivity index (χ1v) is 10.4. The molecule has 2 aromatic carbocycles. The molecule has 1 aliphatic heterocycles. The number of hydrogen-bond donors (Lipinski definition) is 0. The van der Waals surface area contributed by atoms with Crippen LogP contribution in [0.4, 0.5) is 0 Å². The number of likely N-dealkylation sites (tertiary alicyclic amines) is 1. The molecule has 0 unspecified atom stereocenters. The maximum absolute atomic E-state index is 5.54. The zero-order valence-electron chi connectivity index (χ0n) is 16.9. The molecule has 0 radical (unpaired) electrons. The Morgan fingerprint density at radius 1 is 1.11 bits per heavy atom. The Bertz CT molecular complexity index is 905. The number of rotatable bonds is 3. The number of fused-ring (bicyclic) bond motifs is 1. The second-order valence-electron chi connectivity index (χ2n) is 7.94. The lowest BCUT2D eigenvalue weighted by molar-refractivity contribution is 0.110. The summed E-state index contributed by atoms with van der Waals surface area (Å²) in [4.78, 5) is 2.59. The third-order valence-electron chi connectivity index (χ3n) is 6.44. The molecular formula is C26H29NO. The van der Waals surface area contributed by atoms with Crippen molar-refractivity contribution in [3.8, 4) is 17.6 Å². The lowest BCUT2D eigenvalue weighted by Crippen LogP contribution is -2.50. The number of allylic oxidation sites excluding steroid dienone is 2. The number of methoxy groups -OCH3 is 1. The zero-order valence-corrected chi connectivity index (χ0v) is 16.9. The van der Waals surface area contributed by atoms with Crippen molar-refractivity contribution in [2.24, 2.45) is 5.92 Å². The quantitative estimate of drug-likeness (QED) is 0.700. The van der Waals surface area contributed by atoms with Gasteiger partial charge in [0.2, 0.25) is 0 Å². The predicted molar refractivity (Wildman–Crippen MR) is 116 cm³/mol. The summed E-state index contributed by atoms with van der Waals surface area (Å²) in [5, 5.41) is 0. The summed E-state index contributed by atoms with van der Waals surface area (Å²) in [5.74, 6) is 8.43. The van der Waals surface area contributed by atoms with Gasteiger partial charge in [0.15, 0.2) is 0 Å². The minimum Gasteiger partial charge on any atom is -0.497 e. The van der Waals surface area contributed by atoms with Crippen molar-refractivity contribution >= 4 is 0 Å². The largest absolute Gasteiger partial charge is 0.497 e. The number of piperidine rings is 1. The molecule has 1 aliphatic carbocycles. The highest BCUT2D eigenvalue weighted by Crippen LogP contribution is 2.48. The lowest BCUT2D eigenvalue weighted by Gasteiger charge is -2.49. The second-order valence-corrected chi connectivity index (χ2v) is 7.94. The van der Waals surface area contributed by atoms with Gasteiger partial charge in [-0.1, -0.05) is 55.2 Å². The minimum absolute atomic E-state index is 0.0686. The van der Waals surface area contributed by atoms with E-state index in [4.69, 9.17) is 4.74 Å². The van der Waals surface area contributed by atoms with Crippen LogP contribution in [-0.4, -0.2) is 31.6 Å². The Kier molecular flexibility index (Phi) is 5.55. The highest BCUT2D eigenvalue weighted by molar-refractivity contribution is 5.47. The Hall–Kier alpha value is -2.50. The van der Waals surface area contributed by atoms with Gasteiger partial charge in [0.1, 0.15) is 5.75 Å². The first-order chi connectivity index (χ1) is 13.7. The number of hydrogen-bond acceptors (Lipinski definition) is 2. The molecule has 1 saturated heterocycles. The molecule has 1 heterocycles. The molecule has 0 bridgehead atoms. The molecule has 2 heteroatoms. The average Bonchev–Trinajstić information content (AvgIpc) is 2.77. The third kappa shape index (κ3) is 3.73. The van der Waals surface area contributed by atoms with Crippen molar-refractivity contribution in [1.29, 1.82) is 0 Å². The summed E-state index contributed by atoms with van der Waals surface area (Å²) in [7, 11) is 1.75. The monoisotopic (exact) mass is 371 g/mol. The summed E-state index contributed by atoms with van der Waals surface area (Å²) in [6.45, 7) is 5.72. The van der Waals surface area contributed by atoms with Gasteiger partial charge in [0.05, 0.1) is 7.11 Å². The van der Waals surface area contributed by atoms with E-state index in [0.717, 1.165) is 37.2 Å². The van der Waals surface area contributed by atoms with E-state index in [1.54, 1.807) is 7.11 Å². The van der Waals surface area contributed by atoms with Crippen LogP contribution in [0.3, 0.4) is 0 Å². The zero-order chi connectivity index (χ0) is 19.4. The van der Waals surface area contributed by atoms with Gasteiger partial charge in [0.25, 0.3) is 0 Å². The fraction of sp³-hybridized carbons (Fsp3) is 0.385. The number of ether oxygens (including phenoxy) is 1. The highest BCUT2D eigenvalue weighted by Gasteiger charge is 2.44. The van der Waals surface area contributed by atoms with Crippen LogP contribution in [0.1, 0.15) is 37.3 Å². The van der Waals surface area contributed by atoms with E-state index in [2.05, 4.69) is 60.1 Å². The number of benzene rings is 2. The molecule has 2 aromatic rings. The van der Waals surface area contributed by atoms with Crippen molar-refractivity contribution in [1.82, 2.24) is 4.90 Å². The van der Waals surface area contributed by atoms with Crippen molar-refractivity contribution in [2.45, 2.75) is 31.6 Å². The molecule has 0 N–H and O–H groups in total. The standard InChI is InChI=1S/C26H29NO/c1-3-27-17-16-26(23-10-7-11-25(18-23)28-2)19-22(14-15-24(26)20-27)13-12-21-8-5-4-6-9-21/h4-11,18-19,24H,3,14-17,20H2,1-2H3/t24-,26+/m0/s1. The summed E-state index contributed by atoms with van der Waals surface area (Å²) in [5.41, 5.74) is 3.82. The van der Waals surface area contributed by atoms with E-state index in [9.17, 15) is 0 Å². The fourth-order valence-electron chi connectivity index (χ4n) is 4.80. The van der Waals surface area contributed by atoms with Gasteiger partial charge in [-0.25, -0.2) is 0 Å². The molecule has 0 amide bonds. The first kappa shape index (κ1) is 18.8. The summed E-state index contributed by atoms with van der Waals surface area (Å²) in [6, 6.07) is 19.0. The van der Waals surface area contributed by atoms with Crippen molar-refractivity contribution in [2.75, 3.05) is 26.7 Å². The second kappa shape index (κ2) is 8.25. The Balaban J connectivity index is 1.73. The van der Waals surface area contributed by atoms with Crippen LogP contribution in [0.15, 0.2) is 66.2 Å². The Labute approximate surface area is 169 Å². The van der Waals surface area contributed by atoms with Gasteiger partial charge in [0, 0.05) is 17.5 Å². The maximum Gasteiger partial charge on any atom is 0.119 e. The van der Waals surface area contributed by atoms with Crippen molar-refractivity contribution in [3.05, 3.63) is 77.4 Å². The van der Waals surface area contributed by atoms with Gasteiger partial charge < -0.3 is 9.64 Å². The lowest BCUT2D eigenvalue weighted by atomic mass is 9.61. The summed E-state index contributed by atoms with van der Waals surface area (Å²) in [6.07, 6.45) is 5.92. The topological polar surface area (TPSA) is 12.5 Å². The molecular weight excluding hydrogens is 342 g/mol.